The molecule has 3 aliphatic rings. The molecule has 230 valence electrons. The summed E-state index contributed by atoms with van der Waals surface area (Å²) in [5.74, 6) is 0.964. The quantitative estimate of drug-likeness (QED) is 0.332. The van der Waals surface area contributed by atoms with Gasteiger partial charge in [-0.15, -0.1) is 0 Å². The molecule has 3 aromatic rings. The van der Waals surface area contributed by atoms with Gasteiger partial charge in [-0.1, -0.05) is 43.0 Å². The summed E-state index contributed by atoms with van der Waals surface area (Å²) in [6.45, 7) is 3.83. The first-order valence-electron chi connectivity index (χ1n) is 15.9. The van der Waals surface area contributed by atoms with E-state index < -0.39 is 0 Å². The smallest absolute Gasteiger partial charge is 0.254 e. The lowest BCUT2D eigenvalue weighted by Gasteiger charge is -2.48. The Balaban J connectivity index is 1.12. The lowest BCUT2D eigenvalue weighted by atomic mass is 9.63. The summed E-state index contributed by atoms with van der Waals surface area (Å²) in [5.41, 5.74) is 2.02. The van der Waals surface area contributed by atoms with Crippen LogP contribution >= 0.6 is 22.9 Å². The average molecular weight is 623 g/mol. The van der Waals surface area contributed by atoms with Crippen LogP contribution in [0.2, 0.25) is 5.02 Å². The molecular formula is C33H43ClN6O2S. The first kappa shape index (κ1) is 30.3. The lowest BCUT2D eigenvalue weighted by molar-refractivity contribution is -0.137. The Morgan fingerprint density at radius 1 is 0.977 bits per heavy atom. The normalized spacial score (nSPS) is 20.7. The third-order valence-corrected chi connectivity index (χ3v) is 11.1. The van der Waals surface area contributed by atoms with Gasteiger partial charge in [-0.25, -0.2) is 4.98 Å². The van der Waals surface area contributed by atoms with Crippen molar-refractivity contribution < 1.29 is 9.59 Å². The van der Waals surface area contributed by atoms with E-state index >= 15 is 0 Å². The van der Waals surface area contributed by atoms with Gasteiger partial charge < -0.3 is 15.1 Å². The van der Waals surface area contributed by atoms with Crippen molar-refractivity contribution in [3.63, 3.8) is 0 Å². The third kappa shape index (κ3) is 7.32. The van der Waals surface area contributed by atoms with E-state index in [-0.39, 0.29) is 29.3 Å². The number of likely N-dealkylation sites (tertiary alicyclic amines) is 2. The summed E-state index contributed by atoms with van der Waals surface area (Å²) < 4.78 is 2.01. The highest BCUT2D eigenvalue weighted by atomic mass is 35.5. The monoisotopic (exact) mass is 622 g/mol. The Bertz CT molecular complexity index is 1310. The van der Waals surface area contributed by atoms with E-state index in [4.69, 9.17) is 11.6 Å². The fourth-order valence-corrected chi connectivity index (χ4v) is 8.37. The number of benzene rings is 1. The van der Waals surface area contributed by atoms with Crippen LogP contribution in [0.15, 0.2) is 53.7 Å². The lowest BCUT2D eigenvalue weighted by Crippen LogP contribution is -2.56. The van der Waals surface area contributed by atoms with Gasteiger partial charge in [0.25, 0.3) is 5.91 Å². The van der Waals surface area contributed by atoms with E-state index in [0.717, 1.165) is 56.4 Å². The molecule has 1 N–H and O–H groups in total. The van der Waals surface area contributed by atoms with Crippen LogP contribution in [0.1, 0.15) is 73.7 Å². The van der Waals surface area contributed by atoms with Crippen molar-refractivity contribution in [2.24, 2.45) is 11.3 Å². The van der Waals surface area contributed by atoms with Gasteiger partial charge in [0.2, 0.25) is 5.91 Å². The van der Waals surface area contributed by atoms with Gasteiger partial charge in [0.05, 0.1) is 11.6 Å². The molecule has 1 atom stereocenters. The number of hydrogen-bond donors (Lipinski definition) is 1. The van der Waals surface area contributed by atoms with Gasteiger partial charge >= 0.3 is 0 Å². The van der Waals surface area contributed by atoms with Crippen molar-refractivity contribution in [2.75, 3.05) is 26.2 Å². The average Bonchev–Trinajstić information content (AvgIpc) is 3.78. The standard InChI is InChI=1S/C33H43ClN6O2S/c34-28-8-6-25(7-9-28)20-30(37-29-10-15-38(16-11-29)31(41)26-12-19-43-21-26)32(42)39-17-13-33(14-18-39,22-40-24-35-23-36-40)27-4-2-1-3-5-27/h6-9,12,19,21,23-24,27,29-30,37H,1-5,10-11,13-18,20,22H2/t30-/m1/s1. The van der Waals surface area contributed by atoms with Crippen LogP contribution in [0.4, 0.5) is 0 Å². The molecule has 0 unspecified atom stereocenters. The zero-order valence-electron chi connectivity index (χ0n) is 24.9. The Labute approximate surface area is 263 Å². The van der Waals surface area contributed by atoms with Crippen LogP contribution in [0.25, 0.3) is 0 Å². The molecular weight excluding hydrogens is 580 g/mol. The van der Waals surface area contributed by atoms with Crippen molar-refractivity contribution in [1.82, 2.24) is 29.9 Å². The number of carbonyl (C=O) groups excluding carboxylic acids is 2. The molecule has 0 bridgehead atoms. The van der Waals surface area contributed by atoms with Crippen molar-refractivity contribution in [3.05, 3.63) is 69.9 Å². The number of carbonyl (C=O) groups is 2. The number of piperidine rings is 2. The molecule has 6 rings (SSSR count). The Hall–Kier alpha value is -2.75. The molecule has 1 aromatic carbocycles. The molecule has 10 heteroatoms. The topological polar surface area (TPSA) is 83.4 Å². The number of nitrogens with zero attached hydrogens (tertiary/aromatic N) is 5. The van der Waals surface area contributed by atoms with Crippen LogP contribution in [-0.4, -0.2) is 74.6 Å². The van der Waals surface area contributed by atoms with Gasteiger partial charge in [-0.3, -0.25) is 14.3 Å². The summed E-state index contributed by atoms with van der Waals surface area (Å²) in [7, 11) is 0. The summed E-state index contributed by atoms with van der Waals surface area (Å²) in [6.07, 6.45) is 14.2. The van der Waals surface area contributed by atoms with E-state index in [0.29, 0.717) is 30.5 Å². The summed E-state index contributed by atoms with van der Waals surface area (Å²) in [6, 6.07) is 9.61. The van der Waals surface area contributed by atoms with Gasteiger partial charge in [-0.2, -0.15) is 16.4 Å². The molecule has 2 aliphatic heterocycles. The van der Waals surface area contributed by atoms with E-state index in [9.17, 15) is 9.59 Å². The Kier molecular flexibility index (Phi) is 9.80. The van der Waals surface area contributed by atoms with E-state index in [1.54, 1.807) is 17.7 Å². The molecule has 2 saturated heterocycles. The zero-order valence-corrected chi connectivity index (χ0v) is 26.4. The largest absolute Gasteiger partial charge is 0.341 e. The van der Waals surface area contributed by atoms with E-state index in [2.05, 4.69) is 20.3 Å². The molecule has 2 aromatic heterocycles. The maximum Gasteiger partial charge on any atom is 0.254 e. The first-order chi connectivity index (χ1) is 21.0. The highest BCUT2D eigenvalue weighted by molar-refractivity contribution is 7.08. The molecule has 2 amide bonds. The second kappa shape index (κ2) is 13.9. The Morgan fingerprint density at radius 2 is 1.72 bits per heavy atom. The van der Waals surface area contributed by atoms with E-state index in [1.807, 2.05) is 57.0 Å². The number of thiophene rings is 1. The predicted octanol–water partition coefficient (Wildman–Crippen LogP) is 5.69. The fraction of sp³-hybridized carbons (Fsp3) is 0.576. The summed E-state index contributed by atoms with van der Waals surface area (Å²) in [5, 5.41) is 12.8. The number of halogens is 1. The number of nitrogens with one attached hydrogen (secondary N) is 1. The second-order valence-electron chi connectivity index (χ2n) is 12.7. The van der Waals surface area contributed by atoms with Gasteiger partial charge in [0.1, 0.15) is 12.7 Å². The van der Waals surface area contributed by atoms with Crippen molar-refractivity contribution in [2.45, 2.75) is 82.8 Å². The van der Waals surface area contributed by atoms with Crippen molar-refractivity contribution in [1.29, 1.82) is 0 Å². The molecule has 0 radical (unpaired) electrons. The van der Waals surface area contributed by atoms with Gasteiger partial charge in [0, 0.05) is 49.2 Å². The van der Waals surface area contributed by atoms with Crippen LogP contribution in [0.3, 0.4) is 0 Å². The number of amides is 2. The van der Waals surface area contributed by atoms with Crippen molar-refractivity contribution in [3.8, 4) is 0 Å². The third-order valence-electron chi connectivity index (χ3n) is 10.1. The predicted molar refractivity (Wildman–Crippen MR) is 170 cm³/mol. The van der Waals surface area contributed by atoms with Crippen LogP contribution in [-0.2, 0) is 17.8 Å². The highest BCUT2D eigenvalue weighted by Crippen LogP contribution is 2.47. The van der Waals surface area contributed by atoms with Crippen molar-refractivity contribution >= 4 is 34.8 Å². The SMILES string of the molecule is O=C(c1ccsc1)N1CCC(N[C@H](Cc2ccc(Cl)cc2)C(=O)N2CCC(Cn3cncn3)(C3CCCCC3)CC2)CC1. The maximum absolute atomic E-state index is 14.2. The van der Waals surface area contributed by atoms with Crippen LogP contribution in [0.5, 0.6) is 0 Å². The molecule has 4 heterocycles. The minimum absolute atomic E-state index is 0.106. The van der Waals surface area contributed by atoms with Crippen LogP contribution < -0.4 is 5.32 Å². The highest BCUT2D eigenvalue weighted by Gasteiger charge is 2.44. The minimum atomic E-state index is -0.317. The van der Waals surface area contributed by atoms with E-state index in [1.165, 1.54) is 32.1 Å². The number of rotatable bonds is 9. The van der Waals surface area contributed by atoms with Gasteiger partial charge in [0.15, 0.2) is 0 Å². The molecule has 1 aliphatic carbocycles. The summed E-state index contributed by atoms with van der Waals surface area (Å²) in [4.78, 5) is 35.3. The maximum atomic E-state index is 14.2. The molecule has 8 nitrogen and oxygen atoms in total. The molecule has 43 heavy (non-hydrogen) atoms. The molecule has 1 saturated carbocycles. The fourth-order valence-electron chi connectivity index (χ4n) is 7.62. The molecule has 3 fully saturated rings. The van der Waals surface area contributed by atoms with Gasteiger partial charge in [-0.05, 0) is 85.4 Å². The number of hydrogen-bond acceptors (Lipinski definition) is 6. The summed E-state index contributed by atoms with van der Waals surface area (Å²) >= 11 is 7.72. The first-order valence-corrected chi connectivity index (χ1v) is 17.2. The van der Waals surface area contributed by atoms with Crippen LogP contribution in [0, 0.1) is 11.3 Å². The molecule has 0 spiro atoms. The second-order valence-corrected chi connectivity index (χ2v) is 14.0. The number of aromatic nitrogens is 3. The zero-order chi connectivity index (χ0) is 29.6. The Morgan fingerprint density at radius 3 is 2.37 bits per heavy atom. The minimum Gasteiger partial charge on any atom is -0.341 e.